The lowest BCUT2D eigenvalue weighted by Gasteiger charge is -2.24. The third kappa shape index (κ3) is 9.44. The quantitative estimate of drug-likeness (QED) is 0.457. The maximum atomic E-state index is 6.29. The average molecular weight is 251 g/mol. The molecule has 0 aliphatic carbocycles. The van der Waals surface area contributed by atoms with Crippen LogP contribution in [0.3, 0.4) is 0 Å². The third-order valence-electron chi connectivity index (χ3n) is 2.62. The van der Waals surface area contributed by atoms with Gasteiger partial charge in [0.25, 0.3) is 0 Å². The molecular formula is C13H27ClO2. The van der Waals surface area contributed by atoms with Gasteiger partial charge in [-0.3, -0.25) is 0 Å². The van der Waals surface area contributed by atoms with Gasteiger partial charge in [-0.1, -0.05) is 33.6 Å². The van der Waals surface area contributed by atoms with Crippen molar-refractivity contribution in [3.63, 3.8) is 0 Å². The summed E-state index contributed by atoms with van der Waals surface area (Å²) in [6.45, 7) is 8.81. The Labute approximate surface area is 106 Å². The van der Waals surface area contributed by atoms with Crippen LogP contribution in [0, 0.1) is 5.41 Å². The van der Waals surface area contributed by atoms with E-state index in [0.717, 1.165) is 19.4 Å². The summed E-state index contributed by atoms with van der Waals surface area (Å²) in [5.74, 6) is 0. The minimum Gasteiger partial charge on any atom is -0.382 e. The van der Waals surface area contributed by atoms with Gasteiger partial charge in [0.15, 0.2) is 0 Å². The van der Waals surface area contributed by atoms with E-state index in [1.54, 1.807) is 7.11 Å². The molecule has 0 heterocycles. The molecule has 0 rings (SSSR count). The molecule has 0 aliphatic heterocycles. The standard InChI is InChI=1S/C13H27ClO2/c1-13(2,3)12(14)8-6-5-7-9-16-11-10-15-4/h12H,5-11H2,1-4H3. The number of alkyl halides is 1. The zero-order valence-corrected chi connectivity index (χ0v) is 12.0. The Morgan fingerprint density at radius 2 is 1.69 bits per heavy atom. The Bertz CT molecular complexity index is 155. The van der Waals surface area contributed by atoms with Crippen LogP contribution in [0.2, 0.25) is 0 Å². The van der Waals surface area contributed by atoms with Crippen LogP contribution >= 0.6 is 11.6 Å². The first-order chi connectivity index (χ1) is 7.48. The molecule has 0 fully saturated rings. The first-order valence-electron chi connectivity index (χ1n) is 6.19. The molecule has 2 nitrogen and oxygen atoms in total. The highest BCUT2D eigenvalue weighted by atomic mass is 35.5. The molecule has 98 valence electrons. The molecule has 0 spiro atoms. The van der Waals surface area contributed by atoms with E-state index in [9.17, 15) is 0 Å². The van der Waals surface area contributed by atoms with Crippen molar-refractivity contribution in [2.24, 2.45) is 5.41 Å². The second-order valence-electron chi connectivity index (χ2n) is 5.29. The first kappa shape index (κ1) is 16.2. The molecule has 3 heteroatoms. The molecule has 0 aromatic rings. The van der Waals surface area contributed by atoms with Crippen molar-refractivity contribution in [3.8, 4) is 0 Å². The Hall–Kier alpha value is 0.210. The van der Waals surface area contributed by atoms with Gasteiger partial charge in [0.2, 0.25) is 0 Å². The van der Waals surface area contributed by atoms with Crippen LogP contribution < -0.4 is 0 Å². The summed E-state index contributed by atoms with van der Waals surface area (Å²) in [5, 5.41) is 0.280. The fourth-order valence-corrected chi connectivity index (χ4v) is 1.54. The molecule has 0 amide bonds. The second-order valence-corrected chi connectivity index (χ2v) is 5.81. The smallest absolute Gasteiger partial charge is 0.0700 e. The molecule has 0 radical (unpaired) electrons. The zero-order valence-electron chi connectivity index (χ0n) is 11.2. The van der Waals surface area contributed by atoms with Crippen LogP contribution in [0.4, 0.5) is 0 Å². The van der Waals surface area contributed by atoms with Gasteiger partial charge in [-0.05, 0) is 18.3 Å². The Morgan fingerprint density at radius 3 is 2.25 bits per heavy atom. The number of hydrogen-bond acceptors (Lipinski definition) is 2. The van der Waals surface area contributed by atoms with E-state index in [2.05, 4.69) is 20.8 Å². The van der Waals surface area contributed by atoms with Crippen molar-refractivity contribution in [1.29, 1.82) is 0 Å². The number of methoxy groups -OCH3 is 1. The van der Waals surface area contributed by atoms with Crippen LogP contribution in [0.15, 0.2) is 0 Å². The Kier molecular flexibility index (Phi) is 9.38. The molecule has 16 heavy (non-hydrogen) atoms. The van der Waals surface area contributed by atoms with Gasteiger partial charge in [-0.25, -0.2) is 0 Å². The van der Waals surface area contributed by atoms with Crippen molar-refractivity contribution in [2.45, 2.75) is 51.8 Å². The van der Waals surface area contributed by atoms with E-state index in [4.69, 9.17) is 21.1 Å². The summed E-state index contributed by atoms with van der Waals surface area (Å²) in [4.78, 5) is 0. The van der Waals surface area contributed by atoms with Crippen molar-refractivity contribution in [2.75, 3.05) is 26.9 Å². The highest BCUT2D eigenvalue weighted by molar-refractivity contribution is 6.21. The molecule has 1 atom stereocenters. The SMILES string of the molecule is COCCOCCCCCC(Cl)C(C)(C)C. The van der Waals surface area contributed by atoms with Crippen LogP contribution in [0.5, 0.6) is 0 Å². The van der Waals surface area contributed by atoms with Crippen molar-refractivity contribution < 1.29 is 9.47 Å². The summed E-state index contributed by atoms with van der Waals surface area (Å²) < 4.78 is 10.3. The molecule has 0 bridgehead atoms. The minimum absolute atomic E-state index is 0.219. The highest BCUT2D eigenvalue weighted by Gasteiger charge is 2.21. The molecule has 0 N–H and O–H groups in total. The minimum atomic E-state index is 0.219. The average Bonchev–Trinajstić information content (AvgIpc) is 2.20. The van der Waals surface area contributed by atoms with E-state index in [0.29, 0.717) is 13.2 Å². The van der Waals surface area contributed by atoms with Gasteiger partial charge in [0.1, 0.15) is 0 Å². The Morgan fingerprint density at radius 1 is 1.00 bits per heavy atom. The zero-order chi connectivity index (χ0) is 12.4. The van der Waals surface area contributed by atoms with Crippen LogP contribution in [0.25, 0.3) is 0 Å². The lowest BCUT2D eigenvalue weighted by molar-refractivity contribution is 0.0685. The fraction of sp³-hybridized carbons (Fsp3) is 1.00. The van der Waals surface area contributed by atoms with E-state index < -0.39 is 0 Å². The molecule has 0 saturated carbocycles. The number of ether oxygens (including phenoxy) is 2. The molecule has 0 aliphatic rings. The predicted molar refractivity (Wildman–Crippen MR) is 70.3 cm³/mol. The largest absolute Gasteiger partial charge is 0.382 e. The second kappa shape index (κ2) is 9.26. The maximum absolute atomic E-state index is 6.29. The summed E-state index contributed by atoms with van der Waals surface area (Å²) in [5.41, 5.74) is 0.219. The predicted octanol–water partition coefficient (Wildman–Crippen LogP) is 3.86. The summed E-state index contributed by atoms with van der Waals surface area (Å²) in [7, 11) is 1.69. The van der Waals surface area contributed by atoms with Crippen LogP contribution in [0.1, 0.15) is 46.5 Å². The summed E-state index contributed by atoms with van der Waals surface area (Å²) in [6, 6.07) is 0. The summed E-state index contributed by atoms with van der Waals surface area (Å²) in [6.07, 6.45) is 4.62. The van der Waals surface area contributed by atoms with Gasteiger partial charge in [-0.2, -0.15) is 0 Å². The van der Waals surface area contributed by atoms with Gasteiger partial charge < -0.3 is 9.47 Å². The van der Waals surface area contributed by atoms with Gasteiger partial charge in [0, 0.05) is 19.1 Å². The van der Waals surface area contributed by atoms with Gasteiger partial charge in [0.05, 0.1) is 13.2 Å². The van der Waals surface area contributed by atoms with Crippen molar-refractivity contribution >= 4 is 11.6 Å². The van der Waals surface area contributed by atoms with E-state index in [-0.39, 0.29) is 10.8 Å². The number of unbranched alkanes of at least 4 members (excludes halogenated alkanes) is 2. The molecule has 0 aromatic carbocycles. The lowest BCUT2D eigenvalue weighted by atomic mass is 9.89. The number of rotatable bonds is 9. The number of hydrogen-bond donors (Lipinski definition) is 0. The third-order valence-corrected chi connectivity index (χ3v) is 3.49. The van der Waals surface area contributed by atoms with Crippen molar-refractivity contribution in [3.05, 3.63) is 0 Å². The topological polar surface area (TPSA) is 18.5 Å². The normalized spacial score (nSPS) is 14.1. The van der Waals surface area contributed by atoms with E-state index >= 15 is 0 Å². The maximum Gasteiger partial charge on any atom is 0.0700 e. The summed E-state index contributed by atoms with van der Waals surface area (Å²) >= 11 is 6.29. The fourth-order valence-electron chi connectivity index (χ4n) is 1.38. The van der Waals surface area contributed by atoms with Gasteiger partial charge >= 0.3 is 0 Å². The monoisotopic (exact) mass is 250 g/mol. The van der Waals surface area contributed by atoms with E-state index in [1.165, 1.54) is 12.8 Å². The van der Waals surface area contributed by atoms with Gasteiger partial charge in [-0.15, -0.1) is 11.6 Å². The van der Waals surface area contributed by atoms with E-state index in [1.807, 2.05) is 0 Å². The van der Waals surface area contributed by atoms with Crippen molar-refractivity contribution in [1.82, 2.24) is 0 Å². The highest BCUT2D eigenvalue weighted by Crippen LogP contribution is 2.28. The molecule has 0 saturated heterocycles. The Balaban J connectivity index is 3.21. The molecule has 1 unspecified atom stereocenters. The van der Waals surface area contributed by atoms with Crippen LogP contribution in [-0.2, 0) is 9.47 Å². The first-order valence-corrected chi connectivity index (χ1v) is 6.63. The molecular weight excluding hydrogens is 224 g/mol. The molecule has 0 aromatic heterocycles. The number of halogens is 1. The van der Waals surface area contributed by atoms with Crippen LogP contribution in [-0.4, -0.2) is 32.3 Å². The lowest BCUT2D eigenvalue weighted by Crippen LogP contribution is -2.20.